The number of hydrogen-bond donors (Lipinski definition) is 2. The number of esters is 1. The Morgan fingerprint density at radius 2 is 1.89 bits per heavy atom. The number of nitrogens with one attached hydrogen (secondary N) is 2. The van der Waals surface area contributed by atoms with Crippen molar-refractivity contribution >= 4 is 23.8 Å². The van der Waals surface area contributed by atoms with E-state index in [-0.39, 0.29) is 12.6 Å². The zero-order valence-corrected chi connectivity index (χ0v) is 17.5. The average molecular weight is 405 g/mol. The van der Waals surface area contributed by atoms with Crippen molar-refractivity contribution in [3.05, 3.63) is 41.1 Å². The molecule has 1 aromatic carbocycles. The quantitative estimate of drug-likeness (QED) is 0.557. The number of likely N-dealkylation sites (N-methyl/N-ethyl adjacent to an activating group) is 1. The molecule has 2 aliphatic heterocycles. The lowest BCUT2D eigenvalue weighted by atomic mass is 9.95. The van der Waals surface area contributed by atoms with E-state index in [4.69, 9.17) is 4.74 Å². The lowest BCUT2D eigenvalue weighted by Crippen LogP contribution is -2.51. The van der Waals surface area contributed by atoms with Gasteiger partial charge >= 0.3 is 12.0 Å². The molecule has 1 fully saturated rings. The Labute approximate surface area is 170 Å². The van der Waals surface area contributed by atoms with Crippen LogP contribution in [0.1, 0.15) is 18.5 Å². The van der Waals surface area contributed by atoms with Crippen LogP contribution in [0.4, 0.5) is 4.79 Å². The van der Waals surface area contributed by atoms with Gasteiger partial charge in [-0.25, -0.2) is 9.59 Å². The first kappa shape index (κ1) is 20.7. The third kappa shape index (κ3) is 4.87. The van der Waals surface area contributed by atoms with Crippen molar-refractivity contribution in [3.63, 3.8) is 0 Å². The minimum Gasteiger partial charge on any atom is -0.463 e. The van der Waals surface area contributed by atoms with Crippen molar-refractivity contribution in [2.45, 2.75) is 17.9 Å². The van der Waals surface area contributed by atoms with E-state index in [1.807, 2.05) is 30.5 Å². The number of benzene rings is 1. The lowest BCUT2D eigenvalue weighted by Gasteiger charge is -2.35. The van der Waals surface area contributed by atoms with Crippen molar-refractivity contribution in [1.29, 1.82) is 0 Å². The van der Waals surface area contributed by atoms with Gasteiger partial charge in [-0.05, 0) is 37.9 Å². The molecule has 0 aliphatic carbocycles. The Bertz CT molecular complexity index is 742. The van der Waals surface area contributed by atoms with E-state index in [0.717, 1.165) is 36.6 Å². The summed E-state index contributed by atoms with van der Waals surface area (Å²) in [6.07, 6.45) is 2.01. The zero-order chi connectivity index (χ0) is 20.1. The standard InChI is InChI=1S/C20H28N4O3S/c1-4-27-19(25)17-16(13-24-11-9-23(2)10-12-24)21-20(26)22-18(17)14-5-7-15(28-3)8-6-14/h5-8,18H,4,9-13H2,1-3H3,(H2,21,22,26). The first-order valence-corrected chi connectivity index (χ1v) is 10.8. The number of carbonyl (C=O) groups excluding carboxylic acids is 2. The highest BCUT2D eigenvalue weighted by molar-refractivity contribution is 7.98. The summed E-state index contributed by atoms with van der Waals surface area (Å²) in [4.78, 5) is 30.8. The maximum atomic E-state index is 12.8. The van der Waals surface area contributed by atoms with E-state index in [1.165, 1.54) is 0 Å². The van der Waals surface area contributed by atoms with E-state index in [9.17, 15) is 9.59 Å². The normalized spacial score (nSPS) is 21.2. The summed E-state index contributed by atoms with van der Waals surface area (Å²) >= 11 is 1.65. The minimum atomic E-state index is -0.522. The molecule has 0 aromatic heterocycles. The predicted octanol–water partition coefficient (Wildman–Crippen LogP) is 1.83. The molecule has 2 heterocycles. The zero-order valence-electron chi connectivity index (χ0n) is 16.7. The molecule has 1 atom stereocenters. The third-order valence-corrected chi connectivity index (χ3v) is 5.82. The molecule has 7 nitrogen and oxygen atoms in total. The molecule has 0 radical (unpaired) electrons. The molecule has 1 aromatic rings. The van der Waals surface area contributed by atoms with Crippen LogP contribution in [0.2, 0.25) is 0 Å². The smallest absolute Gasteiger partial charge is 0.338 e. The molecule has 8 heteroatoms. The SMILES string of the molecule is CCOC(=O)C1=C(CN2CCN(C)CC2)NC(=O)NC1c1ccc(SC)cc1. The largest absolute Gasteiger partial charge is 0.463 e. The Balaban J connectivity index is 1.93. The summed E-state index contributed by atoms with van der Waals surface area (Å²) in [5, 5.41) is 5.75. The predicted molar refractivity (Wildman–Crippen MR) is 110 cm³/mol. The van der Waals surface area contributed by atoms with E-state index in [2.05, 4.69) is 27.5 Å². The van der Waals surface area contributed by atoms with Gasteiger partial charge in [-0.1, -0.05) is 12.1 Å². The number of ether oxygens (including phenoxy) is 1. The summed E-state index contributed by atoms with van der Waals surface area (Å²) in [7, 11) is 2.10. The number of rotatable bonds is 6. The van der Waals surface area contributed by atoms with Crippen LogP contribution in [0.15, 0.2) is 40.4 Å². The van der Waals surface area contributed by atoms with Gasteiger partial charge in [0.15, 0.2) is 0 Å². The van der Waals surface area contributed by atoms with Crippen LogP contribution in [0.25, 0.3) is 0 Å². The Morgan fingerprint density at radius 3 is 2.50 bits per heavy atom. The maximum absolute atomic E-state index is 12.8. The Hall–Kier alpha value is -2.03. The van der Waals surface area contributed by atoms with E-state index < -0.39 is 12.0 Å². The summed E-state index contributed by atoms with van der Waals surface area (Å²) in [6.45, 7) is 6.32. The van der Waals surface area contributed by atoms with Gasteiger partial charge in [0, 0.05) is 43.3 Å². The first-order chi connectivity index (χ1) is 13.5. The summed E-state index contributed by atoms with van der Waals surface area (Å²) in [5.41, 5.74) is 1.98. The number of nitrogens with zero attached hydrogens (tertiary/aromatic N) is 2. The molecule has 1 unspecified atom stereocenters. The maximum Gasteiger partial charge on any atom is 0.338 e. The van der Waals surface area contributed by atoms with Gasteiger partial charge in [-0.15, -0.1) is 11.8 Å². The second kappa shape index (κ2) is 9.45. The van der Waals surface area contributed by atoms with Gasteiger partial charge in [0.2, 0.25) is 0 Å². The fraction of sp³-hybridized carbons (Fsp3) is 0.500. The van der Waals surface area contributed by atoms with Crippen molar-refractivity contribution in [3.8, 4) is 0 Å². The van der Waals surface area contributed by atoms with Gasteiger partial charge in [-0.2, -0.15) is 0 Å². The van der Waals surface area contributed by atoms with Crippen molar-refractivity contribution in [2.24, 2.45) is 0 Å². The highest BCUT2D eigenvalue weighted by atomic mass is 32.2. The lowest BCUT2D eigenvalue weighted by molar-refractivity contribution is -0.139. The number of urea groups is 1. The average Bonchev–Trinajstić information content (AvgIpc) is 2.69. The fourth-order valence-corrected chi connectivity index (χ4v) is 3.88. The second-order valence-electron chi connectivity index (χ2n) is 7.00. The highest BCUT2D eigenvalue weighted by Gasteiger charge is 2.34. The third-order valence-electron chi connectivity index (χ3n) is 5.08. The number of amides is 2. The molecule has 2 amide bonds. The molecule has 0 saturated carbocycles. The topological polar surface area (TPSA) is 73.9 Å². The second-order valence-corrected chi connectivity index (χ2v) is 7.88. The van der Waals surface area contributed by atoms with Crippen molar-refractivity contribution < 1.29 is 14.3 Å². The summed E-state index contributed by atoms with van der Waals surface area (Å²) in [6, 6.07) is 7.08. The van der Waals surface area contributed by atoms with Crippen LogP contribution in [-0.4, -0.2) is 74.4 Å². The van der Waals surface area contributed by atoms with Crippen LogP contribution in [-0.2, 0) is 9.53 Å². The van der Waals surface area contributed by atoms with Gasteiger partial charge < -0.3 is 20.3 Å². The van der Waals surface area contributed by atoms with Crippen molar-refractivity contribution in [1.82, 2.24) is 20.4 Å². The number of piperazine rings is 1. The summed E-state index contributed by atoms with van der Waals surface area (Å²) in [5.74, 6) is -0.391. The van der Waals surface area contributed by atoms with E-state index in [1.54, 1.807) is 18.7 Å². The van der Waals surface area contributed by atoms with Gasteiger partial charge in [0.25, 0.3) is 0 Å². The number of carbonyl (C=O) groups is 2. The van der Waals surface area contributed by atoms with E-state index >= 15 is 0 Å². The van der Waals surface area contributed by atoms with E-state index in [0.29, 0.717) is 17.8 Å². The number of thioether (sulfide) groups is 1. The monoisotopic (exact) mass is 404 g/mol. The fourth-order valence-electron chi connectivity index (χ4n) is 3.47. The molecule has 1 saturated heterocycles. The molecule has 152 valence electrons. The minimum absolute atomic E-state index is 0.288. The summed E-state index contributed by atoms with van der Waals surface area (Å²) < 4.78 is 5.33. The molecular weight excluding hydrogens is 376 g/mol. The van der Waals surface area contributed by atoms with Gasteiger partial charge in [0.05, 0.1) is 18.2 Å². The Morgan fingerprint density at radius 1 is 1.21 bits per heavy atom. The van der Waals surface area contributed by atoms with Crippen LogP contribution < -0.4 is 10.6 Å². The number of hydrogen-bond acceptors (Lipinski definition) is 6. The van der Waals surface area contributed by atoms with Crippen molar-refractivity contribution in [2.75, 3.05) is 52.6 Å². The molecule has 28 heavy (non-hydrogen) atoms. The molecule has 3 rings (SSSR count). The van der Waals surface area contributed by atoms with Crippen LogP contribution >= 0.6 is 11.8 Å². The molecule has 0 bridgehead atoms. The molecule has 2 N–H and O–H groups in total. The van der Waals surface area contributed by atoms with Gasteiger partial charge in [0.1, 0.15) is 0 Å². The highest BCUT2D eigenvalue weighted by Crippen LogP contribution is 2.29. The van der Waals surface area contributed by atoms with Crippen LogP contribution in [0, 0.1) is 0 Å². The molecular formula is C20H28N4O3S. The van der Waals surface area contributed by atoms with Crippen LogP contribution in [0.5, 0.6) is 0 Å². The van der Waals surface area contributed by atoms with Crippen LogP contribution in [0.3, 0.4) is 0 Å². The molecule has 2 aliphatic rings. The first-order valence-electron chi connectivity index (χ1n) is 9.54. The van der Waals surface area contributed by atoms with Gasteiger partial charge in [-0.3, -0.25) is 4.90 Å². The molecule has 0 spiro atoms. The Kier molecular flexibility index (Phi) is 6.98.